The molecule has 0 amide bonds. The Kier molecular flexibility index (Phi) is 6.81. The van der Waals surface area contributed by atoms with Crippen LogP contribution in [0.3, 0.4) is 0 Å². The summed E-state index contributed by atoms with van der Waals surface area (Å²) in [5.41, 5.74) is 5.24. The van der Waals surface area contributed by atoms with Gasteiger partial charge in [0, 0.05) is 31.4 Å². The van der Waals surface area contributed by atoms with Gasteiger partial charge in [-0.3, -0.25) is 4.79 Å². The van der Waals surface area contributed by atoms with Crippen molar-refractivity contribution in [2.24, 2.45) is 11.8 Å². The van der Waals surface area contributed by atoms with E-state index in [9.17, 15) is 4.79 Å². The molecular formula is C27H32N2O. The molecule has 156 valence electrons. The molecule has 3 saturated heterocycles. The molecular weight excluding hydrogens is 368 g/mol. The number of para-hydroxylation sites is 1. The highest BCUT2D eigenvalue weighted by Gasteiger charge is 2.35. The van der Waals surface area contributed by atoms with Gasteiger partial charge in [-0.05, 0) is 73.5 Å². The maximum atomic E-state index is 11.0. The minimum absolute atomic E-state index is 0.516. The van der Waals surface area contributed by atoms with E-state index in [0.29, 0.717) is 5.92 Å². The fourth-order valence-corrected chi connectivity index (χ4v) is 5.04. The summed E-state index contributed by atoms with van der Waals surface area (Å²) >= 11 is 0. The molecule has 0 radical (unpaired) electrons. The summed E-state index contributed by atoms with van der Waals surface area (Å²) in [6, 6.07) is 19.4. The van der Waals surface area contributed by atoms with Gasteiger partial charge in [0.15, 0.2) is 0 Å². The van der Waals surface area contributed by atoms with Crippen molar-refractivity contribution in [3.8, 4) is 0 Å². The summed E-state index contributed by atoms with van der Waals surface area (Å²) in [7, 11) is 2.14. The summed E-state index contributed by atoms with van der Waals surface area (Å²) in [4.78, 5) is 15.9. The molecule has 5 rings (SSSR count). The molecule has 0 aromatic heterocycles. The first-order chi connectivity index (χ1) is 14.7. The maximum Gasteiger partial charge on any atom is 0.142 e. The number of rotatable bonds is 8. The Labute approximate surface area is 180 Å². The Morgan fingerprint density at radius 3 is 2.47 bits per heavy atom. The normalized spacial score (nSPS) is 23.6. The van der Waals surface area contributed by atoms with Crippen LogP contribution in [0.5, 0.6) is 0 Å². The van der Waals surface area contributed by atoms with Crippen LogP contribution in [0.1, 0.15) is 24.0 Å². The number of fused-ring (bicyclic) bond motifs is 3. The second-order valence-corrected chi connectivity index (χ2v) is 8.59. The number of nitrogens with zero attached hydrogens (tertiary/aromatic N) is 2. The molecule has 3 heterocycles. The number of aldehydes is 1. The predicted molar refractivity (Wildman–Crippen MR) is 125 cm³/mol. The molecule has 3 aliphatic heterocycles. The first kappa shape index (κ1) is 20.6. The molecule has 3 heteroatoms. The number of aryl methyl sites for hydroxylation is 2. The van der Waals surface area contributed by atoms with Crippen LogP contribution in [0.4, 0.5) is 5.69 Å². The zero-order valence-electron chi connectivity index (χ0n) is 17.9. The second kappa shape index (κ2) is 9.90. The summed E-state index contributed by atoms with van der Waals surface area (Å²) in [6.45, 7) is 3.57. The monoisotopic (exact) mass is 400 g/mol. The van der Waals surface area contributed by atoms with Gasteiger partial charge in [0.1, 0.15) is 6.29 Å². The van der Waals surface area contributed by atoms with E-state index >= 15 is 0 Å². The Bertz CT molecular complexity index is 894. The largest absolute Gasteiger partial charge is 0.351 e. The molecule has 0 saturated carbocycles. The number of carbonyl (C=O) groups is 1. The van der Waals surface area contributed by atoms with Crippen LogP contribution < -0.4 is 4.90 Å². The molecule has 3 fully saturated rings. The minimum atomic E-state index is 0.516. The number of allylic oxidation sites excluding steroid dienone is 2. The first-order valence-corrected chi connectivity index (χ1v) is 11.1. The lowest BCUT2D eigenvalue weighted by Gasteiger charge is -2.45. The van der Waals surface area contributed by atoms with Gasteiger partial charge in [0.05, 0.1) is 0 Å². The Morgan fingerprint density at radius 2 is 1.77 bits per heavy atom. The van der Waals surface area contributed by atoms with Crippen molar-refractivity contribution in [2.45, 2.75) is 25.7 Å². The van der Waals surface area contributed by atoms with E-state index in [4.69, 9.17) is 0 Å². The Balaban J connectivity index is 1.55. The van der Waals surface area contributed by atoms with Gasteiger partial charge in [-0.15, -0.1) is 0 Å². The third kappa shape index (κ3) is 4.91. The van der Waals surface area contributed by atoms with E-state index in [0.717, 1.165) is 31.6 Å². The lowest BCUT2D eigenvalue weighted by molar-refractivity contribution is -0.104. The highest BCUT2D eigenvalue weighted by Crippen LogP contribution is 2.37. The van der Waals surface area contributed by atoms with Crippen molar-refractivity contribution in [2.75, 3.05) is 31.6 Å². The van der Waals surface area contributed by atoms with Crippen LogP contribution >= 0.6 is 0 Å². The molecule has 2 bridgehead atoms. The van der Waals surface area contributed by atoms with Gasteiger partial charge in [-0.1, -0.05) is 54.6 Å². The quantitative estimate of drug-likeness (QED) is 0.358. The molecule has 1 unspecified atom stereocenters. The number of anilines is 1. The standard InChI is InChI=1S/C27H32N2O/c1-28(20-25(11-7-19-30)26-21-29-17-15-23(26)16-18-29)27-12-6-5-10-24(27)14-13-22-8-3-2-4-9-22/h2-12,19-20,23,26H,13-18,21H2,1H3/b11-7-,25-20+. The van der Waals surface area contributed by atoms with E-state index in [2.05, 4.69) is 77.6 Å². The van der Waals surface area contributed by atoms with Gasteiger partial charge in [-0.2, -0.15) is 0 Å². The highest BCUT2D eigenvalue weighted by atomic mass is 16.1. The van der Waals surface area contributed by atoms with E-state index in [1.165, 1.54) is 48.3 Å². The van der Waals surface area contributed by atoms with Gasteiger partial charge in [0.2, 0.25) is 0 Å². The number of hydrogen-bond donors (Lipinski definition) is 0. The second-order valence-electron chi connectivity index (χ2n) is 8.59. The third-order valence-corrected chi connectivity index (χ3v) is 6.69. The molecule has 0 N–H and O–H groups in total. The van der Waals surface area contributed by atoms with Gasteiger partial charge in [-0.25, -0.2) is 0 Å². The van der Waals surface area contributed by atoms with Crippen LogP contribution in [0.15, 0.2) is 78.5 Å². The van der Waals surface area contributed by atoms with Crippen LogP contribution in [0, 0.1) is 11.8 Å². The zero-order valence-corrected chi connectivity index (χ0v) is 17.9. The predicted octanol–water partition coefficient (Wildman–Crippen LogP) is 4.89. The van der Waals surface area contributed by atoms with Crippen LogP contribution in [0.2, 0.25) is 0 Å². The van der Waals surface area contributed by atoms with Crippen LogP contribution in [0.25, 0.3) is 0 Å². The molecule has 0 aliphatic carbocycles. The molecule has 3 aliphatic rings. The van der Waals surface area contributed by atoms with Crippen molar-refractivity contribution >= 4 is 12.0 Å². The average molecular weight is 401 g/mol. The van der Waals surface area contributed by atoms with Crippen molar-refractivity contribution < 1.29 is 4.79 Å². The lowest BCUT2D eigenvalue weighted by Crippen LogP contribution is -2.48. The summed E-state index contributed by atoms with van der Waals surface area (Å²) < 4.78 is 0. The molecule has 2 aromatic carbocycles. The van der Waals surface area contributed by atoms with Crippen molar-refractivity contribution in [1.29, 1.82) is 0 Å². The average Bonchev–Trinajstić information content (AvgIpc) is 2.82. The molecule has 0 spiro atoms. The molecule has 3 nitrogen and oxygen atoms in total. The SMILES string of the molecule is CN(/C=C(\C=C/C=O)C1CN2CCC1CC2)c1ccccc1CCc1ccccc1. The molecule has 1 atom stereocenters. The van der Waals surface area contributed by atoms with Gasteiger partial charge >= 0.3 is 0 Å². The lowest BCUT2D eigenvalue weighted by atomic mass is 9.75. The maximum absolute atomic E-state index is 11.0. The first-order valence-electron chi connectivity index (χ1n) is 11.1. The third-order valence-electron chi connectivity index (χ3n) is 6.69. The van der Waals surface area contributed by atoms with Crippen molar-refractivity contribution in [3.63, 3.8) is 0 Å². The number of piperidine rings is 3. The summed E-state index contributed by atoms with van der Waals surface area (Å²) in [5, 5.41) is 0. The Morgan fingerprint density at radius 1 is 1.03 bits per heavy atom. The highest BCUT2D eigenvalue weighted by molar-refractivity contribution is 5.66. The number of benzene rings is 2. The molecule has 30 heavy (non-hydrogen) atoms. The van der Waals surface area contributed by atoms with Gasteiger partial charge < -0.3 is 9.80 Å². The Hall–Kier alpha value is -2.65. The summed E-state index contributed by atoms with van der Waals surface area (Å²) in [5.74, 6) is 1.25. The zero-order chi connectivity index (χ0) is 20.8. The van der Waals surface area contributed by atoms with E-state index < -0.39 is 0 Å². The smallest absolute Gasteiger partial charge is 0.142 e. The van der Waals surface area contributed by atoms with Crippen molar-refractivity contribution in [3.05, 3.63) is 89.6 Å². The fourth-order valence-electron chi connectivity index (χ4n) is 5.04. The topological polar surface area (TPSA) is 23.6 Å². The van der Waals surface area contributed by atoms with E-state index in [-0.39, 0.29) is 0 Å². The fraction of sp³-hybridized carbons (Fsp3) is 0.370. The van der Waals surface area contributed by atoms with E-state index in [1.807, 2.05) is 6.08 Å². The van der Waals surface area contributed by atoms with Crippen LogP contribution in [-0.2, 0) is 17.6 Å². The minimum Gasteiger partial charge on any atom is -0.351 e. The van der Waals surface area contributed by atoms with E-state index in [1.54, 1.807) is 6.08 Å². The molecule has 2 aromatic rings. The van der Waals surface area contributed by atoms with Crippen LogP contribution in [-0.4, -0.2) is 37.9 Å². The summed E-state index contributed by atoms with van der Waals surface area (Å²) in [6.07, 6.45) is 11.4. The number of hydrogen-bond acceptors (Lipinski definition) is 3. The van der Waals surface area contributed by atoms with Crippen molar-refractivity contribution in [1.82, 2.24) is 4.90 Å². The van der Waals surface area contributed by atoms with Gasteiger partial charge in [0.25, 0.3) is 0 Å². The number of carbonyl (C=O) groups excluding carboxylic acids is 1.